The number of amides is 1. The van der Waals surface area contributed by atoms with Crippen molar-refractivity contribution in [2.75, 3.05) is 32.2 Å². The van der Waals surface area contributed by atoms with Gasteiger partial charge in [-0.25, -0.2) is 4.79 Å². The van der Waals surface area contributed by atoms with Gasteiger partial charge in [-0.15, -0.1) is 0 Å². The Balaban J connectivity index is 1.57. The Morgan fingerprint density at radius 1 is 1.23 bits per heavy atom. The van der Waals surface area contributed by atoms with Crippen LogP contribution in [0.3, 0.4) is 0 Å². The number of nitrogens with zero attached hydrogens (tertiary/aromatic N) is 2. The number of ether oxygens (including phenoxy) is 2. The number of hydrogen-bond donors (Lipinski definition) is 0. The molecule has 5 heteroatoms. The predicted molar refractivity (Wildman–Crippen MR) is 97.7 cm³/mol. The van der Waals surface area contributed by atoms with Gasteiger partial charge in [0.15, 0.2) is 0 Å². The minimum absolute atomic E-state index is 0.0622. The molecule has 1 amide bonds. The summed E-state index contributed by atoms with van der Waals surface area (Å²) >= 11 is 0. The molecule has 6 rings (SSSR count). The van der Waals surface area contributed by atoms with Crippen molar-refractivity contribution in [3.8, 4) is 5.75 Å². The Morgan fingerprint density at radius 3 is 2.92 bits per heavy atom. The highest BCUT2D eigenvalue weighted by Crippen LogP contribution is 2.81. The van der Waals surface area contributed by atoms with Gasteiger partial charge < -0.3 is 9.47 Å². The Morgan fingerprint density at radius 2 is 2.12 bits per heavy atom. The molecule has 3 aliphatic heterocycles. The zero-order valence-electron chi connectivity index (χ0n) is 15.3. The van der Waals surface area contributed by atoms with E-state index >= 15 is 0 Å². The third-order valence-corrected chi connectivity index (χ3v) is 8.20. The van der Waals surface area contributed by atoms with Crippen molar-refractivity contribution >= 4 is 11.8 Å². The average molecular weight is 352 g/mol. The highest BCUT2D eigenvalue weighted by atomic mass is 16.5. The van der Waals surface area contributed by atoms with E-state index in [0.29, 0.717) is 5.92 Å². The van der Waals surface area contributed by atoms with Crippen molar-refractivity contribution in [1.82, 2.24) is 4.90 Å². The SMILES string of the molecule is COC(=O)N1c2ccc(OC)cc2[C@@]23CCN4CC=C[C@]45CC[C@]12[C@H]3C5. The maximum Gasteiger partial charge on any atom is 0.414 e. The van der Waals surface area contributed by atoms with Crippen LogP contribution in [0, 0.1) is 5.92 Å². The van der Waals surface area contributed by atoms with Gasteiger partial charge in [-0.1, -0.05) is 12.2 Å². The van der Waals surface area contributed by atoms with Gasteiger partial charge in [-0.05, 0) is 55.4 Å². The van der Waals surface area contributed by atoms with Crippen LogP contribution >= 0.6 is 0 Å². The van der Waals surface area contributed by atoms with Crippen LogP contribution in [0.1, 0.15) is 31.2 Å². The smallest absolute Gasteiger partial charge is 0.414 e. The zero-order chi connectivity index (χ0) is 17.7. The Kier molecular flexibility index (Phi) is 2.58. The number of hydrogen-bond acceptors (Lipinski definition) is 4. The second-order valence-corrected chi connectivity index (χ2v) is 8.54. The molecule has 1 aromatic carbocycles. The molecule has 0 radical (unpaired) electrons. The van der Waals surface area contributed by atoms with Crippen LogP contribution in [0.25, 0.3) is 0 Å². The van der Waals surface area contributed by atoms with Crippen LogP contribution in [-0.4, -0.2) is 49.4 Å². The lowest BCUT2D eigenvalue weighted by Gasteiger charge is -2.45. The van der Waals surface area contributed by atoms with E-state index in [-0.39, 0.29) is 22.6 Å². The van der Waals surface area contributed by atoms with Gasteiger partial charge in [-0.2, -0.15) is 0 Å². The highest BCUT2D eigenvalue weighted by molar-refractivity contribution is 5.97. The first-order valence-corrected chi connectivity index (χ1v) is 9.62. The molecule has 5 aliphatic rings. The standard InChI is InChI=1S/C21H24N2O3/c1-25-14-4-5-16-15(12-14)20-9-11-22-10-3-6-19(22)7-8-21(20,17(20)13-19)23(16)18(24)26-2/h3-6,12,17H,7-11,13H2,1-2H3/t17-,19+,20+,21+/m0/s1. The molecule has 3 heterocycles. The fourth-order valence-corrected chi connectivity index (χ4v) is 7.20. The van der Waals surface area contributed by atoms with E-state index in [1.54, 1.807) is 7.11 Å². The number of benzene rings is 1. The summed E-state index contributed by atoms with van der Waals surface area (Å²) in [6, 6.07) is 6.19. The number of rotatable bonds is 1. The lowest BCUT2D eigenvalue weighted by molar-refractivity contribution is 0.104. The second-order valence-electron chi connectivity index (χ2n) is 8.54. The minimum Gasteiger partial charge on any atom is -0.497 e. The van der Waals surface area contributed by atoms with Crippen LogP contribution in [0.15, 0.2) is 30.4 Å². The van der Waals surface area contributed by atoms with Crippen molar-refractivity contribution in [1.29, 1.82) is 0 Å². The van der Waals surface area contributed by atoms with Crippen LogP contribution in [0.4, 0.5) is 10.5 Å². The average Bonchev–Trinajstić information content (AvgIpc) is 2.97. The topological polar surface area (TPSA) is 42.0 Å². The summed E-state index contributed by atoms with van der Waals surface area (Å²) in [5.41, 5.74) is 2.51. The lowest BCUT2D eigenvalue weighted by Crippen LogP contribution is -2.54. The molecule has 3 fully saturated rings. The fraction of sp³-hybridized carbons (Fsp3) is 0.571. The number of fused-ring (bicyclic) bond motifs is 1. The molecule has 3 spiro atoms. The summed E-state index contributed by atoms with van der Waals surface area (Å²) in [4.78, 5) is 17.5. The molecule has 136 valence electrons. The van der Waals surface area contributed by atoms with E-state index in [1.807, 2.05) is 17.0 Å². The molecule has 0 N–H and O–H groups in total. The molecule has 1 aromatic rings. The molecule has 0 aromatic heterocycles. The Labute approximate surface area is 153 Å². The molecular formula is C21H24N2O3. The van der Waals surface area contributed by atoms with Gasteiger partial charge in [0.25, 0.3) is 0 Å². The maximum atomic E-state index is 12.8. The number of carbonyl (C=O) groups is 1. The third kappa shape index (κ3) is 1.34. The number of methoxy groups -OCH3 is 2. The van der Waals surface area contributed by atoms with E-state index in [4.69, 9.17) is 9.47 Å². The van der Waals surface area contributed by atoms with Gasteiger partial charge in [0.2, 0.25) is 0 Å². The molecular weight excluding hydrogens is 328 g/mol. The molecule has 5 nitrogen and oxygen atoms in total. The molecule has 26 heavy (non-hydrogen) atoms. The van der Waals surface area contributed by atoms with Crippen LogP contribution in [0.2, 0.25) is 0 Å². The van der Waals surface area contributed by atoms with Crippen molar-refractivity contribution < 1.29 is 14.3 Å². The fourth-order valence-electron chi connectivity index (χ4n) is 7.20. The van der Waals surface area contributed by atoms with Gasteiger partial charge >= 0.3 is 6.09 Å². The van der Waals surface area contributed by atoms with Crippen LogP contribution in [0.5, 0.6) is 5.75 Å². The third-order valence-electron chi connectivity index (χ3n) is 8.20. The molecule has 2 aliphatic carbocycles. The van der Waals surface area contributed by atoms with E-state index in [0.717, 1.165) is 50.2 Å². The van der Waals surface area contributed by atoms with Crippen molar-refractivity contribution in [3.05, 3.63) is 35.9 Å². The summed E-state index contributed by atoms with van der Waals surface area (Å²) in [5.74, 6) is 1.39. The highest BCUT2D eigenvalue weighted by Gasteiger charge is 2.86. The van der Waals surface area contributed by atoms with E-state index in [1.165, 1.54) is 12.7 Å². The summed E-state index contributed by atoms with van der Waals surface area (Å²) < 4.78 is 10.8. The normalized spacial score (nSPS) is 41.2. The van der Waals surface area contributed by atoms with Crippen LogP contribution < -0.4 is 9.64 Å². The van der Waals surface area contributed by atoms with Crippen LogP contribution in [-0.2, 0) is 10.2 Å². The number of anilines is 1. The molecule has 2 bridgehead atoms. The van der Waals surface area contributed by atoms with E-state index in [2.05, 4.69) is 23.1 Å². The minimum atomic E-state index is -0.212. The molecule has 2 saturated carbocycles. The summed E-state index contributed by atoms with van der Waals surface area (Å²) in [6.07, 6.45) is 8.99. The first-order valence-electron chi connectivity index (χ1n) is 9.62. The predicted octanol–water partition coefficient (Wildman–Crippen LogP) is 3.09. The van der Waals surface area contributed by atoms with Crippen molar-refractivity contribution in [2.45, 2.75) is 42.2 Å². The van der Waals surface area contributed by atoms with Gasteiger partial charge in [0.05, 0.1) is 25.4 Å². The Hall–Kier alpha value is -2.01. The lowest BCUT2D eigenvalue weighted by atomic mass is 9.78. The van der Waals surface area contributed by atoms with Crippen molar-refractivity contribution in [2.24, 2.45) is 5.92 Å². The summed E-state index contributed by atoms with van der Waals surface area (Å²) in [6.45, 7) is 2.17. The first-order chi connectivity index (χ1) is 12.6. The second kappa shape index (κ2) is 4.45. The monoisotopic (exact) mass is 352 g/mol. The Bertz CT molecular complexity index is 867. The van der Waals surface area contributed by atoms with E-state index < -0.39 is 0 Å². The molecule has 1 saturated heterocycles. The van der Waals surface area contributed by atoms with Gasteiger partial charge in [0.1, 0.15) is 5.75 Å². The molecule has 4 atom stereocenters. The first kappa shape index (κ1) is 15.1. The van der Waals surface area contributed by atoms with Gasteiger partial charge in [-0.3, -0.25) is 9.80 Å². The quantitative estimate of drug-likeness (QED) is 0.729. The zero-order valence-corrected chi connectivity index (χ0v) is 15.3. The number of carbonyl (C=O) groups excluding carboxylic acids is 1. The summed E-state index contributed by atoms with van der Waals surface area (Å²) in [5, 5.41) is 0. The van der Waals surface area contributed by atoms with Crippen molar-refractivity contribution in [3.63, 3.8) is 0 Å². The molecule has 0 unspecified atom stereocenters. The summed E-state index contributed by atoms with van der Waals surface area (Å²) in [7, 11) is 3.21. The van der Waals surface area contributed by atoms with Gasteiger partial charge in [0, 0.05) is 24.0 Å². The largest absolute Gasteiger partial charge is 0.497 e. The maximum absolute atomic E-state index is 12.8. The van der Waals surface area contributed by atoms with E-state index in [9.17, 15) is 4.79 Å².